The van der Waals surface area contributed by atoms with Crippen LogP contribution in [0.15, 0.2) is 121 Å². The normalized spacial score (nSPS) is 11.1. The second kappa shape index (κ2) is 18.2. The molecule has 0 fully saturated rings. The first kappa shape index (κ1) is 36.4. The predicted molar refractivity (Wildman–Crippen MR) is 198 cm³/mol. The van der Waals surface area contributed by atoms with Crippen molar-refractivity contribution in [2.75, 3.05) is 38.4 Å². The number of nitrogens with zero attached hydrogens (tertiary/aromatic N) is 1. The van der Waals surface area contributed by atoms with E-state index in [1.165, 1.54) is 18.1 Å². The van der Waals surface area contributed by atoms with Crippen LogP contribution in [0.1, 0.15) is 34.7 Å². The van der Waals surface area contributed by atoms with E-state index in [1.54, 1.807) is 19.2 Å². The lowest BCUT2D eigenvalue weighted by molar-refractivity contribution is -0.274. The molecule has 0 radical (unpaired) electrons. The quantitative estimate of drug-likeness (QED) is 0.0267. The molecule has 5 aromatic carbocycles. The van der Waals surface area contributed by atoms with Gasteiger partial charge in [-0.25, -0.2) is 9.59 Å². The largest absolute Gasteiger partial charge is 0.513 e. The molecule has 5 rings (SSSR count). The van der Waals surface area contributed by atoms with Crippen molar-refractivity contribution in [2.24, 2.45) is 0 Å². The van der Waals surface area contributed by atoms with Gasteiger partial charge in [-0.05, 0) is 103 Å². The molecule has 0 aromatic heterocycles. The Hall–Kier alpha value is -5.90. The van der Waals surface area contributed by atoms with Gasteiger partial charge in [0.1, 0.15) is 24.7 Å². The zero-order valence-electron chi connectivity index (χ0n) is 29.2. The molecular formula is C42H41NO8. The first-order valence-corrected chi connectivity index (χ1v) is 16.5. The molecule has 0 amide bonds. The molecule has 0 saturated heterocycles. The van der Waals surface area contributed by atoms with E-state index in [1.807, 2.05) is 36.4 Å². The molecule has 51 heavy (non-hydrogen) atoms. The Bertz CT molecular complexity index is 1840. The molecule has 0 spiro atoms. The van der Waals surface area contributed by atoms with Crippen LogP contribution in [0.3, 0.4) is 0 Å². The van der Waals surface area contributed by atoms with Gasteiger partial charge < -0.3 is 23.8 Å². The third kappa shape index (κ3) is 10.8. The summed E-state index contributed by atoms with van der Waals surface area (Å²) in [6.45, 7) is 5.76. The average Bonchev–Trinajstić information content (AvgIpc) is 3.14. The summed E-state index contributed by atoms with van der Waals surface area (Å²) in [5.74, 6) is 0.551. The van der Waals surface area contributed by atoms with Crippen LogP contribution >= 0.6 is 0 Å². The standard InChI is InChI=1S/C42H41NO8/c1-30-5-15-36(16-6-30)43(37-17-7-31(2)8-18-37)38-19-9-33(10-20-38)29-41(34-11-21-39(46-4)22-12-34)35-13-23-40(24-14-35)50-42(45)48-27-25-47-26-28-49-51-32(3)44/h5-24,29H,25-28H2,1-4H3. The maximum atomic E-state index is 12.2. The fraction of sp³-hybridized carbons (Fsp3) is 0.190. The van der Waals surface area contributed by atoms with Crippen molar-refractivity contribution in [3.05, 3.63) is 149 Å². The minimum atomic E-state index is -0.848. The van der Waals surface area contributed by atoms with E-state index in [2.05, 4.69) is 107 Å². The molecule has 0 aliphatic carbocycles. The number of benzene rings is 5. The van der Waals surface area contributed by atoms with Gasteiger partial charge in [0.25, 0.3) is 0 Å². The van der Waals surface area contributed by atoms with Gasteiger partial charge in [-0.1, -0.05) is 71.8 Å². The van der Waals surface area contributed by atoms with Crippen LogP contribution in [-0.4, -0.2) is 45.7 Å². The van der Waals surface area contributed by atoms with Crippen LogP contribution in [-0.2, 0) is 24.0 Å². The van der Waals surface area contributed by atoms with E-state index in [0.29, 0.717) is 5.75 Å². The van der Waals surface area contributed by atoms with Crippen molar-refractivity contribution in [3.8, 4) is 11.5 Å². The fourth-order valence-electron chi connectivity index (χ4n) is 5.16. The van der Waals surface area contributed by atoms with Gasteiger partial charge in [-0.15, -0.1) is 0 Å². The molecule has 0 saturated carbocycles. The van der Waals surface area contributed by atoms with Gasteiger partial charge in [0.05, 0.1) is 20.3 Å². The summed E-state index contributed by atoms with van der Waals surface area (Å²) in [6.07, 6.45) is 1.29. The van der Waals surface area contributed by atoms with Crippen molar-refractivity contribution in [2.45, 2.75) is 20.8 Å². The van der Waals surface area contributed by atoms with Crippen molar-refractivity contribution in [3.63, 3.8) is 0 Å². The Labute approximate surface area is 298 Å². The summed E-state index contributed by atoms with van der Waals surface area (Å²) in [6, 6.07) is 40.7. The summed E-state index contributed by atoms with van der Waals surface area (Å²) in [7, 11) is 1.64. The Kier molecular flexibility index (Phi) is 13.0. The van der Waals surface area contributed by atoms with Crippen LogP contribution in [0.25, 0.3) is 11.6 Å². The van der Waals surface area contributed by atoms with Crippen molar-refractivity contribution >= 4 is 40.8 Å². The molecule has 262 valence electrons. The molecule has 0 aliphatic rings. The monoisotopic (exact) mass is 687 g/mol. The summed E-state index contributed by atoms with van der Waals surface area (Å²) in [4.78, 5) is 34.1. The average molecular weight is 688 g/mol. The third-order valence-corrected chi connectivity index (χ3v) is 7.75. The zero-order valence-corrected chi connectivity index (χ0v) is 29.2. The van der Waals surface area contributed by atoms with Gasteiger partial charge in [0.15, 0.2) is 0 Å². The molecule has 0 unspecified atom stereocenters. The van der Waals surface area contributed by atoms with Crippen molar-refractivity contribution in [1.29, 1.82) is 0 Å². The van der Waals surface area contributed by atoms with Gasteiger partial charge in [0.2, 0.25) is 0 Å². The van der Waals surface area contributed by atoms with E-state index in [4.69, 9.17) is 18.9 Å². The summed E-state index contributed by atoms with van der Waals surface area (Å²) in [5, 5.41) is 0. The SMILES string of the molecule is COc1ccc(C(=Cc2ccc(N(c3ccc(C)cc3)c3ccc(C)cc3)cc2)c2ccc(OC(=O)OCCOCCOOC(C)=O)cc2)cc1. The number of ether oxygens (including phenoxy) is 4. The number of aryl methyl sites for hydroxylation is 2. The molecule has 0 bridgehead atoms. The molecular weight excluding hydrogens is 646 g/mol. The second-order valence-electron chi connectivity index (χ2n) is 11.6. The molecule has 9 heteroatoms. The van der Waals surface area contributed by atoms with Crippen LogP contribution in [0.2, 0.25) is 0 Å². The van der Waals surface area contributed by atoms with Crippen LogP contribution in [0.4, 0.5) is 21.9 Å². The summed E-state index contributed by atoms with van der Waals surface area (Å²) >= 11 is 0. The number of hydrogen-bond donors (Lipinski definition) is 0. The summed E-state index contributed by atoms with van der Waals surface area (Å²) < 4.78 is 21.1. The molecule has 0 atom stereocenters. The van der Waals surface area contributed by atoms with Gasteiger partial charge in [-0.3, -0.25) is 4.89 Å². The molecule has 0 N–H and O–H groups in total. The van der Waals surface area contributed by atoms with Crippen LogP contribution < -0.4 is 14.4 Å². The number of anilines is 3. The molecule has 5 aromatic rings. The fourth-order valence-corrected chi connectivity index (χ4v) is 5.16. The number of rotatable bonds is 15. The van der Waals surface area contributed by atoms with E-state index in [-0.39, 0.29) is 26.4 Å². The lowest BCUT2D eigenvalue weighted by atomic mass is 9.95. The highest BCUT2D eigenvalue weighted by Crippen LogP contribution is 2.36. The lowest BCUT2D eigenvalue weighted by Gasteiger charge is -2.26. The number of carbonyl (C=O) groups excluding carboxylic acids is 2. The highest BCUT2D eigenvalue weighted by atomic mass is 17.2. The zero-order chi connectivity index (χ0) is 36.0. The Morgan fingerprint density at radius 1 is 0.608 bits per heavy atom. The summed E-state index contributed by atoms with van der Waals surface area (Å²) in [5.41, 5.74) is 9.52. The lowest BCUT2D eigenvalue weighted by Crippen LogP contribution is -2.16. The first-order chi connectivity index (χ1) is 24.8. The maximum absolute atomic E-state index is 12.2. The number of carbonyl (C=O) groups is 2. The van der Waals surface area contributed by atoms with Crippen LogP contribution in [0, 0.1) is 13.8 Å². The highest BCUT2D eigenvalue weighted by molar-refractivity contribution is 5.92. The molecule has 0 heterocycles. The van der Waals surface area contributed by atoms with Gasteiger partial charge in [-0.2, -0.15) is 4.89 Å². The predicted octanol–water partition coefficient (Wildman–Crippen LogP) is 9.40. The van der Waals surface area contributed by atoms with Crippen LogP contribution in [0.5, 0.6) is 11.5 Å². The van der Waals surface area contributed by atoms with E-state index in [9.17, 15) is 9.59 Å². The molecule has 0 aliphatic heterocycles. The highest BCUT2D eigenvalue weighted by Gasteiger charge is 2.14. The first-order valence-electron chi connectivity index (χ1n) is 16.5. The third-order valence-electron chi connectivity index (χ3n) is 7.75. The Balaban J connectivity index is 1.31. The maximum Gasteiger partial charge on any atom is 0.513 e. The number of hydrogen-bond acceptors (Lipinski definition) is 9. The Morgan fingerprint density at radius 3 is 1.61 bits per heavy atom. The number of methoxy groups -OCH3 is 1. The minimum Gasteiger partial charge on any atom is -0.497 e. The molecule has 9 nitrogen and oxygen atoms in total. The smallest absolute Gasteiger partial charge is 0.497 e. The van der Waals surface area contributed by atoms with Crippen molar-refractivity contribution in [1.82, 2.24) is 0 Å². The van der Waals surface area contributed by atoms with E-state index >= 15 is 0 Å². The van der Waals surface area contributed by atoms with Crippen molar-refractivity contribution < 1.29 is 38.3 Å². The Morgan fingerprint density at radius 2 is 1.10 bits per heavy atom. The van der Waals surface area contributed by atoms with E-state index < -0.39 is 12.1 Å². The van der Waals surface area contributed by atoms with Gasteiger partial charge >= 0.3 is 12.1 Å². The second-order valence-corrected chi connectivity index (χ2v) is 11.6. The van der Waals surface area contributed by atoms with Gasteiger partial charge in [0, 0.05) is 24.0 Å². The van der Waals surface area contributed by atoms with E-state index in [0.717, 1.165) is 45.1 Å². The topological polar surface area (TPSA) is 92.8 Å². The minimum absolute atomic E-state index is 0.0125.